The topological polar surface area (TPSA) is 20.2 Å². The third-order valence-corrected chi connectivity index (χ3v) is 15.1. The largest absolute Gasteiger partial charge is 0.393 e. The summed E-state index contributed by atoms with van der Waals surface area (Å²) in [7, 11) is 0. The van der Waals surface area contributed by atoms with Gasteiger partial charge in [-0.3, -0.25) is 0 Å². The fourth-order valence-electron chi connectivity index (χ4n) is 10.7. The Morgan fingerprint density at radius 2 is 0.361 bits per heavy atom. The Kier molecular flexibility index (Phi) is 52.5. The molecule has 0 heterocycles. The third kappa shape index (κ3) is 44.9. The Bertz CT molecular complexity index is 760. The molecule has 0 rings (SSSR count). The SMILES string of the molecule is CCCCCCCCCCCCCCCCCCCCCCC(CCCCCCC)(CCCCCCCCCCCCCCCCCC)C(O)CCCCCCCCCCC. The van der Waals surface area contributed by atoms with Crippen LogP contribution in [0.1, 0.15) is 374 Å². The van der Waals surface area contributed by atoms with Crippen LogP contribution in [-0.2, 0) is 0 Å². The maximum Gasteiger partial charge on any atom is 0.0596 e. The van der Waals surface area contributed by atoms with Gasteiger partial charge in [-0.15, -0.1) is 0 Å². The average molecular weight is 860 g/mol. The van der Waals surface area contributed by atoms with Gasteiger partial charge in [0.25, 0.3) is 0 Å². The minimum atomic E-state index is -0.0834. The molecule has 0 aromatic rings. The first-order chi connectivity index (χ1) is 30.2. The second kappa shape index (κ2) is 52.6. The zero-order valence-corrected chi connectivity index (χ0v) is 43.7. The molecule has 2 unspecified atom stereocenters. The molecule has 0 aromatic carbocycles. The Labute approximate surface area is 389 Å². The van der Waals surface area contributed by atoms with Crippen molar-refractivity contribution < 1.29 is 5.11 Å². The molecule has 0 saturated carbocycles. The van der Waals surface area contributed by atoms with E-state index in [1.54, 1.807) is 0 Å². The summed E-state index contributed by atoms with van der Waals surface area (Å²) >= 11 is 0. The van der Waals surface area contributed by atoms with Crippen molar-refractivity contribution in [3.8, 4) is 0 Å². The van der Waals surface area contributed by atoms with Crippen LogP contribution < -0.4 is 0 Å². The highest BCUT2D eigenvalue weighted by Crippen LogP contribution is 2.42. The van der Waals surface area contributed by atoms with Gasteiger partial charge in [0.2, 0.25) is 0 Å². The van der Waals surface area contributed by atoms with Gasteiger partial charge in [0, 0.05) is 0 Å². The van der Waals surface area contributed by atoms with Crippen LogP contribution in [0.2, 0.25) is 0 Å². The zero-order chi connectivity index (χ0) is 44.3. The van der Waals surface area contributed by atoms with Crippen LogP contribution in [0.15, 0.2) is 0 Å². The van der Waals surface area contributed by atoms with E-state index < -0.39 is 0 Å². The van der Waals surface area contributed by atoms with E-state index in [4.69, 9.17) is 0 Å². The third-order valence-electron chi connectivity index (χ3n) is 15.1. The number of unbranched alkanes of at least 4 members (excludes halogenated alkanes) is 46. The molecule has 0 fully saturated rings. The predicted molar refractivity (Wildman–Crippen MR) is 280 cm³/mol. The molecule has 0 spiro atoms. The van der Waals surface area contributed by atoms with E-state index in [-0.39, 0.29) is 11.5 Å². The second-order valence-corrected chi connectivity index (χ2v) is 21.2. The van der Waals surface area contributed by atoms with E-state index in [0.717, 1.165) is 6.42 Å². The Morgan fingerprint density at radius 3 is 0.541 bits per heavy atom. The molecule has 61 heavy (non-hydrogen) atoms. The molecule has 0 aliphatic rings. The summed E-state index contributed by atoms with van der Waals surface area (Å²) in [4.78, 5) is 0. The number of aliphatic hydroxyl groups is 1. The molecule has 0 bridgehead atoms. The molecule has 0 aliphatic carbocycles. The number of hydrogen-bond acceptors (Lipinski definition) is 1. The Hall–Kier alpha value is -0.0400. The fraction of sp³-hybridized carbons (Fsp3) is 1.00. The molecular weight excluding hydrogens is 737 g/mol. The minimum absolute atomic E-state index is 0.0834. The van der Waals surface area contributed by atoms with Gasteiger partial charge in [-0.25, -0.2) is 0 Å². The van der Waals surface area contributed by atoms with Crippen molar-refractivity contribution in [1.82, 2.24) is 0 Å². The Morgan fingerprint density at radius 1 is 0.213 bits per heavy atom. The fourth-order valence-corrected chi connectivity index (χ4v) is 10.7. The molecular formula is C60H122O. The van der Waals surface area contributed by atoms with Crippen molar-refractivity contribution in [1.29, 1.82) is 0 Å². The molecule has 0 aliphatic heterocycles. The van der Waals surface area contributed by atoms with E-state index in [9.17, 15) is 5.11 Å². The first-order valence-electron chi connectivity index (χ1n) is 29.8. The highest BCUT2D eigenvalue weighted by molar-refractivity contribution is 4.87. The first-order valence-corrected chi connectivity index (χ1v) is 29.8. The number of hydrogen-bond donors (Lipinski definition) is 1. The number of aliphatic hydroxyl groups excluding tert-OH is 1. The summed E-state index contributed by atoms with van der Waals surface area (Å²) in [5.74, 6) is 0. The van der Waals surface area contributed by atoms with Gasteiger partial charge in [-0.2, -0.15) is 0 Å². The lowest BCUT2D eigenvalue weighted by atomic mass is 9.68. The highest BCUT2D eigenvalue weighted by atomic mass is 16.3. The maximum absolute atomic E-state index is 12.1. The molecule has 368 valence electrons. The van der Waals surface area contributed by atoms with E-state index in [2.05, 4.69) is 27.7 Å². The van der Waals surface area contributed by atoms with Gasteiger partial charge >= 0.3 is 0 Å². The molecule has 2 atom stereocenters. The van der Waals surface area contributed by atoms with Crippen LogP contribution in [0.5, 0.6) is 0 Å². The summed E-state index contributed by atoms with van der Waals surface area (Å²) in [5, 5.41) is 12.1. The maximum atomic E-state index is 12.1. The van der Waals surface area contributed by atoms with E-state index in [0.29, 0.717) is 0 Å². The molecule has 0 radical (unpaired) electrons. The normalized spacial score (nSPS) is 13.3. The molecule has 1 N–H and O–H groups in total. The van der Waals surface area contributed by atoms with E-state index in [1.165, 1.54) is 340 Å². The van der Waals surface area contributed by atoms with Crippen LogP contribution in [0.25, 0.3) is 0 Å². The van der Waals surface area contributed by atoms with Crippen molar-refractivity contribution in [3.63, 3.8) is 0 Å². The molecule has 1 heteroatoms. The monoisotopic (exact) mass is 859 g/mol. The minimum Gasteiger partial charge on any atom is -0.393 e. The molecule has 0 amide bonds. The summed E-state index contributed by atoms with van der Waals surface area (Å²) in [6.45, 7) is 9.30. The smallest absolute Gasteiger partial charge is 0.0596 e. The predicted octanol–water partition coefficient (Wildman–Crippen LogP) is 22.5. The standard InChI is InChI=1S/C60H122O/c1-5-9-13-17-20-23-25-27-29-31-32-33-34-36-38-40-43-46-50-54-58-60(56-52-48-16-12-8-4,59(61)55-51-47-44-41-22-19-15-11-7-3)57-53-49-45-42-39-37-35-30-28-26-24-21-18-14-10-6-2/h59,61H,5-58H2,1-4H3. The van der Waals surface area contributed by atoms with Gasteiger partial charge in [0.15, 0.2) is 0 Å². The summed E-state index contributed by atoms with van der Waals surface area (Å²) < 4.78 is 0. The lowest BCUT2D eigenvalue weighted by molar-refractivity contribution is -0.00893. The summed E-state index contributed by atoms with van der Waals surface area (Å²) in [6, 6.07) is 0. The molecule has 0 saturated heterocycles. The van der Waals surface area contributed by atoms with Gasteiger partial charge in [-0.1, -0.05) is 349 Å². The molecule has 1 nitrogen and oxygen atoms in total. The van der Waals surface area contributed by atoms with Crippen LogP contribution in [0.4, 0.5) is 0 Å². The van der Waals surface area contributed by atoms with Crippen molar-refractivity contribution in [2.24, 2.45) is 5.41 Å². The van der Waals surface area contributed by atoms with Gasteiger partial charge in [0.05, 0.1) is 6.10 Å². The van der Waals surface area contributed by atoms with Gasteiger partial charge < -0.3 is 5.11 Å². The van der Waals surface area contributed by atoms with Crippen LogP contribution in [0, 0.1) is 5.41 Å². The second-order valence-electron chi connectivity index (χ2n) is 21.2. The van der Waals surface area contributed by atoms with Crippen LogP contribution >= 0.6 is 0 Å². The lowest BCUT2D eigenvalue weighted by Gasteiger charge is -2.39. The lowest BCUT2D eigenvalue weighted by Crippen LogP contribution is -2.35. The number of rotatable bonds is 55. The van der Waals surface area contributed by atoms with Gasteiger partial charge in [-0.05, 0) is 31.1 Å². The summed E-state index contributed by atoms with van der Waals surface area (Å²) in [5.41, 5.74) is 0.177. The summed E-state index contributed by atoms with van der Waals surface area (Å²) in [6.07, 6.45) is 76.0. The Balaban J connectivity index is 4.64. The van der Waals surface area contributed by atoms with Crippen molar-refractivity contribution in [2.75, 3.05) is 0 Å². The van der Waals surface area contributed by atoms with Crippen LogP contribution in [0.3, 0.4) is 0 Å². The van der Waals surface area contributed by atoms with Crippen molar-refractivity contribution in [3.05, 3.63) is 0 Å². The quantitative estimate of drug-likeness (QED) is 0.0604. The van der Waals surface area contributed by atoms with Crippen molar-refractivity contribution >= 4 is 0 Å². The first kappa shape index (κ1) is 61.0. The molecule has 0 aromatic heterocycles. The highest BCUT2D eigenvalue weighted by Gasteiger charge is 2.36. The van der Waals surface area contributed by atoms with Crippen molar-refractivity contribution in [2.45, 2.75) is 381 Å². The average Bonchev–Trinajstić information content (AvgIpc) is 3.27. The van der Waals surface area contributed by atoms with Gasteiger partial charge in [0.1, 0.15) is 0 Å². The zero-order valence-electron chi connectivity index (χ0n) is 43.7. The van der Waals surface area contributed by atoms with E-state index >= 15 is 0 Å². The van der Waals surface area contributed by atoms with Crippen LogP contribution in [-0.4, -0.2) is 11.2 Å². The van der Waals surface area contributed by atoms with E-state index in [1.807, 2.05) is 0 Å².